The van der Waals surface area contributed by atoms with Gasteiger partial charge in [-0.2, -0.15) is 0 Å². The van der Waals surface area contributed by atoms with Crippen LogP contribution in [0.15, 0.2) is 79.1 Å². The number of carbonyl (C=O) groups is 2. The van der Waals surface area contributed by atoms with Crippen LogP contribution in [0, 0.1) is 24.4 Å². The molecule has 0 saturated heterocycles. The largest absolute Gasteiger partial charge is 0.345 e. The maximum absolute atomic E-state index is 14.6. The lowest BCUT2D eigenvalue weighted by atomic mass is 10.1. The SMILES string of the molecule is Cc1cccc(F)c1NC(=O)c1cc2c(s1)-c1ccc(F)cc1N(C(=O)c1cccc(-c3c[nH]c4ncc(F)cc34)n1)CC2. The molecule has 7 rings (SSSR count). The van der Waals surface area contributed by atoms with E-state index < -0.39 is 29.3 Å². The number of carbonyl (C=O) groups excluding carboxylic acids is 2. The summed E-state index contributed by atoms with van der Waals surface area (Å²) >= 11 is 1.20. The molecule has 7 nitrogen and oxygen atoms in total. The molecular weight excluding hydrogens is 587 g/mol. The Morgan fingerprint density at radius 1 is 0.977 bits per heavy atom. The summed E-state index contributed by atoms with van der Waals surface area (Å²) in [6.07, 6.45) is 3.15. The number of pyridine rings is 2. The summed E-state index contributed by atoms with van der Waals surface area (Å²) in [4.78, 5) is 41.3. The van der Waals surface area contributed by atoms with Gasteiger partial charge in [-0.3, -0.25) is 9.59 Å². The Hall–Kier alpha value is -5.29. The van der Waals surface area contributed by atoms with Crippen molar-refractivity contribution in [1.29, 1.82) is 0 Å². The average molecular weight is 610 g/mol. The highest BCUT2D eigenvalue weighted by molar-refractivity contribution is 7.17. The number of rotatable bonds is 4. The van der Waals surface area contributed by atoms with Crippen LogP contribution in [0.2, 0.25) is 0 Å². The van der Waals surface area contributed by atoms with Gasteiger partial charge < -0.3 is 15.2 Å². The van der Waals surface area contributed by atoms with Crippen LogP contribution >= 0.6 is 11.3 Å². The molecule has 0 bridgehead atoms. The molecule has 5 heterocycles. The van der Waals surface area contributed by atoms with Gasteiger partial charge in [0.15, 0.2) is 0 Å². The molecule has 0 fully saturated rings. The molecule has 2 N–H and O–H groups in total. The number of fused-ring (bicyclic) bond motifs is 4. The van der Waals surface area contributed by atoms with E-state index in [0.717, 1.165) is 16.6 Å². The molecule has 0 spiro atoms. The van der Waals surface area contributed by atoms with Crippen molar-refractivity contribution >= 4 is 45.6 Å². The van der Waals surface area contributed by atoms with Gasteiger partial charge in [0.2, 0.25) is 0 Å². The van der Waals surface area contributed by atoms with Crippen molar-refractivity contribution in [3.63, 3.8) is 0 Å². The number of benzene rings is 2. The number of H-pyrrole nitrogens is 1. The van der Waals surface area contributed by atoms with Crippen molar-refractivity contribution in [2.24, 2.45) is 0 Å². The van der Waals surface area contributed by atoms with Gasteiger partial charge in [-0.1, -0.05) is 18.2 Å². The number of para-hydroxylation sites is 1. The molecule has 4 aromatic heterocycles. The normalized spacial score (nSPS) is 12.5. The first-order valence-electron chi connectivity index (χ1n) is 13.7. The Balaban J connectivity index is 1.23. The number of thiophene rings is 1. The van der Waals surface area contributed by atoms with E-state index in [1.165, 1.54) is 40.5 Å². The van der Waals surface area contributed by atoms with E-state index in [0.29, 0.717) is 50.4 Å². The second-order valence-corrected chi connectivity index (χ2v) is 11.4. The number of amides is 2. The van der Waals surface area contributed by atoms with Gasteiger partial charge >= 0.3 is 0 Å². The number of hydrogen-bond acceptors (Lipinski definition) is 5. The summed E-state index contributed by atoms with van der Waals surface area (Å²) in [6.45, 7) is 1.90. The van der Waals surface area contributed by atoms with Crippen LogP contribution in [0.1, 0.15) is 31.3 Å². The smallest absolute Gasteiger partial charge is 0.276 e. The number of aromatic amines is 1. The first-order valence-corrected chi connectivity index (χ1v) is 14.5. The van der Waals surface area contributed by atoms with Gasteiger partial charge in [-0.15, -0.1) is 11.3 Å². The van der Waals surface area contributed by atoms with Crippen molar-refractivity contribution < 1.29 is 22.8 Å². The fourth-order valence-electron chi connectivity index (χ4n) is 5.44. The second kappa shape index (κ2) is 10.8. The minimum Gasteiger partial charge on any atom is -0.345 e. The van der Waals surface area contributed by atoms with E-state index in [1.54, 1.807) is 55.6 Å². The summed E-state index contributed by atoms with van der Waals surface area (Å²) in [5, 5.41) is 3.20. The van der Waals surface area contributed by atoms with Crippen LogP contribution in [0.4, 0.5) is 24.5 Å². The quantitative estimate of drug-likeness (QED) is 0.216. The van der Waals surface area contributed by atoms with Crippen LogP contribution in [0.25, 0.3) is 32.7 Å². The minimum absolute atomic E-state index is 0.115. The number of halogens is 3. The van der Waals surface area contributed by atoms with Crippen LogP contribution in [0.3, 0.4) is 0 Å². The second-order valence-electron chi connectivity index (χ2n) is 10.4. The fraction of sp³-hybridized carbons (Fsp3) is 0.0909. The molecule has 0 atom stereocenters. The zero-order chi connectivity index (χ0) is 30.5. The number of aromatic nitrogens is 3. The zero-order valence-electron chi connectivity index (χ0n) is 23.1. The highest BCUT2D eigenvalue weighted by atomic mass is 32.1. The van der Waals surface area contributed by atoms with Gasteiger partial charge in [-0.25, -0.2) is 23.1 Å². The lowest BCUT2D eigenvalue weighted by Crippen LogP contribution is -2.33. The van der Waals surface area contributed by atoms with Crippen LogP contribution in [-0.4, -0.2) is 33.3 Å². The van der Waals surface area contributed by atoms with E-state index >= 15 is 0 Å². The van der Waals surface area contributed by atoms with Gasteiger partial charge in [0.1, 0.15) is 28.8 Å². The minimum atomic E-state index is -0.530. The molecule has 2 aromatic carbocycles. The fourth-order valence-corrected chi connectivity index (χ4v) is 6.57. The molecule has 0 aliphatic carbocycles. The summed E-state index contributed by atoms with van der Waals surface area (Å²) in [5.41, 5.74) is 4.10. The van der Waals surface area contributed by atoms with Gasteiger partial charge in [0, 0.05) is 34.1 Å². The summed E-state index contributed by atoms with van der Waals surface area (Å²) < 4.78 is 42.9. The third kappa shape index (κ3) is 4.80. The topological polar surface area (TPSA) is 91.0 Å². The Bertz CT molecular complexity index is 2100. The number of nitrogens with one attached hydrogen (secondary N) is 2. The number of anilines is 2. The Morgan fingerprint density at radius 2 is 1.82 bits per heavy atom. The van der Waals surface area contributed by atoms with Crippen molar-refractivity contribution in [3.05, 3.63) is 118 Å². The Labute approximate surface area is 253 Å². The van der Waals surface area contributed by atoms with Crippen molar-refractivity contribution in [2.75, 3.05) is 16.8 Å². The predicted molar refractivity (Wildman–Crippen MR) is 163 cm³/mol. The number of nitrogens with zero attached hydrogens (tertiary/aromatic N) is 3. The molecule has 44 heavy (non-hydrogen) atoms. The third-order valence-corrected chi connectivity index (χ3v) is 8.79. The maximum atomic E-state index is 14.6. The molecule has 0 unspecified atom stereocenters. The molecule has 218 valence electrons. The van der Waals surface area contributed by atoms with Crippen molar-refractivity contribution in [3.8, 4) is 21.7 Å². The standard InChI is InChI=1S/C33H22F3N5O2S/c1-17-4-2-5-24(36)29(17)40-32(42)28-12-18-10-11-41(27-14-19(34)8-9-21(27)30(18)44-28)33(43)26-7-3-6-25(39-26)23-16-38-31-22(23)13-20(35)15-37-31/h2-9,12-16H,10-11H2,1H3,(H,37,38)(H,40,42). The molecule has 1 aliphatic rings. The van der Waals surface area contributed by atoms with Crippen LogP contribution < -0.4 is 10.2 Å². The van der Waals surface area contributed by atoms with Gasteiger partial charge in [0.05, 0.1) is 28.1 Å². The van der Waals surface area contributed by atoms with E-state index in [9.17, 15) is 22.8 Å². The molecule has 0 saturated carbocycles. The van der Waals surface area contributed by atoms with Crippen molar-refractivity contribution in [2.45, 2.75) is 13.3 Å². The number of hydrogen-bond donors (Lipinski definition) is 2. The number of aryl methyl sites for hydroxylation is 1. The van der Waals surface area contributed by atoms with Gasteiger partial charge in [-0.05, 0) is 73.0 Å². The molecule has 2 amide bonds. The van der Waals surface area contributed by atoms with Crippen LogP contribution in [0.5, 0.6) is 0 Å². The molecule has 0 radical (unpaired) electrons. The maximum Gasteiger partial charge on any atom is 0.276 e. The van der Waals surface area contributed by atoms with Gasteiger partial charge in [0.25, 0.3) is 11.8 Å². The third-order valence-electron chi connectivity index (χ3n) is 7.58. The lowest BCUT2D eigenvalue weighted by molar-refractivity contribution is 0.0981. The zero-order valence-corrected chi connectivity index (χ0v) is 23.9. The molecular formula is C33H22F3N5O2S. The van der Waals surface area contributed by atoms with Crippen molar-refractivity contribution in [1.82, 2.24) is 15.0 Å². The lowest BCUT2D eigenvalue weighted by Gasteiger charge is -2.23. The van der Waals surface area contributed by atoms with E-state index in [4.69, 9.17) is 0 Å². The van der Waals surface area contributed by atoms with E-state index in [-0.39, 0.29) is 17.9 Å². The highest BCUT2D eigenvalue weighted by Gasteiger charge is 2.29. The molecule has 6 aromatic rings. The molecule has 1 aliphatic heterocycles. The summed E-state index contributed by atoms with van der Waals surface area (Å²) in [5.74, 6) is -2.45. The summed E-state index contributed by atoms with van der Waals surface area (Å²) in [7, 11) is 0. The first-order chi connectivity index (χ1) is 21.3. The van der Waals surface area contributed by atoms with Crippen LogP contribution in [-0.2, 0) is 6.42 Å². The summed E-state index contributed by atoms with van der Waals surface area (Å²) in [6, 6.07) is 16.8. The first kappa shape index (κ1) is 27.5. The Kier molecular flexibility index (Phi) is 6.74. The van der Waals surface area contributed by atoms with E-state index in [2.05, 4.69) is 20.3 Å². The van der Waals surface area contributed by atoms with E-state index in [1.807, 2.05) is 0 Å². The average Bonchev–Trinajstić information content (AvgIpc) is 3.60. The monoisotopic (exact) mass is 609 g/mol. The predicted octanol–water partition coefficient (Wildman–Crippen LogP) is 7.53. The highest BCUT2D eigenvalue weighted by Crippen LogP contribution is 2.42. The Morgan fingerprint density at radius 3 is 2.66 bits per heavy atom. The molecule has 11 heteroatoms.